The Hall–Kier alpha value is -2.70. The molecule has 3 heterocycles. The number of rotatable bonds is 6. The van der Waals surface area contributed by atoms with Crippen LogP contribution in [-0.4, -0.2) is 52.3 Å². The molecule has 1 fully saturated rings. The summed E-state index contributed by atoms with van der Waals surface area (Å²) in [4.78, 5) is 11.2. The summed E-state index contributed by atoms with van der Waals surface area (Å²) in [5.74, 6) is 1.73. The van der Waals surface area contributed by atoms with Crippen LogP contribution < -0.4 is 4.74 Å². The first kappa shape index (κ1) is 17.7. The molecule has 2 aromatic heterocycles. The van der Waals surface area contributed by atoms with Crippen molar-refractivity contribution in [2.24, 2.45) is 0 Å². The number of hydrogen-bond donors (Lipinski definition) is 0. The van der Waals surface area contributed by atoms with E-state index in [1.165, 1.54) is 0 Å². The molecule has 0 amide bonds. The van der Waals surface area contributed by atoms with E-state index >= 15 is 0 Å². The molecular formula is C21H24N4O2. The van der Waals surface area contributed by atoms with E-state index in [4.69, 9.17) is 9.47 Å². The zero-order valence-corrected chi connectivity index (χ0v) is 15.5. The number of imidazole rings is 1. The fraction of sp³-hybridized carbons (Fsp3) is 0.333. The first-order chi connectivity index (χ1) is 13.3. The number of benzene rings is 1. The first-order valence-corrected chi connectivity index (χ1v) is 9.22. The Morgan fingerprint density at radius 3 is 2.96 bits per heavy atom. The van der Waals surface area contributed by atoms with Crippen LogP contribution >= 0.6 is 0 Å². The van der Waals surface area contributed by atoms with Gasteiger partial charge < -0.3 is 18.9 Å². The van der Waals surface area contributed by atoms with E-state index < -0.39 is 0 Å². The quantitative estimate of drug-likeness (QED) is 0.673. The molecule has 0 N–H and O–H groups in total. The highest BCUT2D eigenvalue weighted by atomic mass is 16.5. The largest absolute Gasteiger partial charge is 0.487 e. The molecule has 3 aromatic rings. The normalized spacial score (nSPS) is 17.7. The van der Waals surface area contributed by atoms with Crippen LogP contribution in [0.15, 0.2) is 61.1 Å². The molecule has 4 rings (SSSR count). The summed E-state index contributed by atoms with van der Waals surface area (Å²) in [5.41, 5.74) is 1.94. The zero-order chi connectivity index (χ0) is 18.5. The lowest BCUT2D eigenvalue weighted by molar-refractivity contribution is -0.0272. The van der Waals surface area contributed by atoms with Gasteiger partial charge in [0.05, 0.1) is 24.9 Å². The van der Waals surface area contributed by atoms with Gasteiger partial charge in [-0.1, -0.05) is 18.2 Å². The molecule has 27 heavy (non-hydrogen) atoms. The van der Waals surface area contributed by atoms with Gasteiger partial charge in [0.1, 0.15) is 18.2 Å². The van der Waals surface area contributed by atoms with Crippen LogP contribution in [0.4, 0.5) is 0 Å². The third-order valence-electron chi connectivity index (χ3n) is 4.66. The van der Waals surface area contributed by atoms with Crippen LogP contribution in [0, 0.1) is 0 Å². The van der Waals surface area contributed by atoms with Gasteiger partial charge in [-0.15, -0.1) is 0 Å². The minimum atomic E-state index is 0.181. The van der Waals surface area contributed by atoms with E-state index in [1.807, 2.05) is 48.8 Å². The Morgan fingerprint density at radius 1 is 1.15 bits per heavy atom. The summed E-state index contributed by atoms with van der Waals surface area (Å²) in [6, 6.07) is 13.8. The Kier molecular flexibility index (Phi) is 5.46. The molecule has 1 unspecified atom stereocenters. The predicted octanol–water partition coefficient (Wildman–Crippen LogP) is 2.85. The highest BCUT2D eigenvalue weighted by Crippen LogP contribution is 2.24. The summed E-state index contributed by atoms with van der Waals surface area (Å²) in [6.07, 6.45) is 5.80. The Labute approximate surface area is 159 Å². The number of hydrogen-bond acceptors (Lipinski definition) is 5. The molecule has 6 nitrogen and oxygen atoms in total. The van der Waals surface area contributed by atoms with Crippen molar-refractivity contribution in [2.45, 2.75) is 19.3 Å². The van der Waals surface area contributed by atoms with Gasteiger partial charge in [0, 0.05) is 37.2 Å². The van der Waals surface area contributed by atoms with E-state index in [0.717, 1.165) is 49.1 Å². The first-order valence-electron chi connectivity index (χ1n) is 9.22. The Morgan fingerprint density at radius 2 is 2.11 bits per heavy atom. The zero-order valence-electron chi connectivity index (χ0n) is 15.5. The van der Waals surface area contributed by atoms with Crippen LogP contribution in [0.25, 0.3) is 11.4 Å². The average molecular weight is 364 g/mol. The van der Waals surface area contributed by atoms with Crippen molar-refractivity contribution >= 4 is 0 Å². The number of morpholine rings is 1. The van der Waals surface area contributed by atoms with E-state index in [0.29, 0.717) is 6.61 Å². The van der Waals surface area contributed by atoms with Crippen LogP contribution in [-0.2, 0) is 17.9 Å². The molecule has 0 spiro atoms. The van der Waals surface area contributed by atoms with Gasteiger partial charge in [-0.25, -0.2) is 4.98 Å². The van der Waals surface area contributed by atoms with Crippen molar-refractivity contribution in [3.8, 4) is 17.1 Å². The molecular weight excluding hydrogens is 340 g/mol. The second kappa shape index (κ2) is 8.33. The van der Waals surface area contributed by atoms with E-state index in [2.05, 4.69) is 32.5 Å². The number of ether oxygens (including phenoxy) is 2. The maximum Gasteiger partial charge on any atom is 0.140 e. The van der Waals surface area contributed by atoms with E-state index in [9.17, 15) is 0 Å². The number of aromatic nitrogens is 3. The third-order valence-corrected chi connectivity index (χ3v) is 4.66. The molecule has 1 aliphatic rings. The third kappa shape index (κ3) is 4.53. The molecule has 0 radical (unpaired) electrons. The molecule has 1 aliphatic heterocycles. The SMILES string of the molecule is CN1CCOC(Cn2ccnc2-c2cccc(OCc3ccccn3)c2)C1. The summed E-state index contributed by atoms with van der Waals surface area (Å²) in [5, 5.41) is 0. The number of likely N-dealkylation sites (N-methyl/N-ethyl adjacent to an activating group) is 1. The minimum Gasteiger partial charge on any atom is -0.487 e. The van der Waals surface area contributed by atoms with Crippen LogP contribution in [0.2, 0.25) is 0 Å². The molecule has 140 valence electrons. The second-order valence-electron chi connectivity index (χ2n) is 6.80. The van der Waals surface area contributed by atoms with E-state index in [-0.39, 0.29) is 6.10 Å². The highest BCUT2D eigenvalue weighted by Gasteiger charge is 2.19. The maximum absolute atomic E-state index is 5.90. The second-order valence-corrected chi connectivity index (χ2v) is 6.80. The van der Waals surface area contributed by atoms with Gasteiger partial charge >= 0.3 is 0 Å². The standard InChI is InChI=1S/C21H24N4O2/c1-24-11-12-26-20(14-24)15-25-10-9-23-21(25)17-5-4-7-19(13-17)27-16-18-6-2-3-8-22-18/h2-10,13,20H,11-12,14-16H2,1H3. The monoisotopic (exact) mass is 364 g/mol. The summed E-state index contributed by atoms with van der Waals surface area (Å²) < 4.78 is 14.0. The fourth-order valence-corrected chi connectivity index (χ4v) is 3.28. The van der Waals surface area contributed by atoms with Crippen molar-refractivity contribution in [3.63, 3.8) is 0 Å². The summed E-state index contributed by atoms with van der Waals surface area (Å²) >= 11 is 0. The van der Waals surface area contributed by atoms with E-state index in [1.54, 1.807) is 6.20 Å². The molecule has 0 bridgehead atoms. The average Bonchev–Trinajstić information content (AvgIpc) is 3.16. The lowest BCUT2D eigenvalue weighted by Gasteiger charge is -2.30. The minimum absolute atomic E-state index is 0.181. The van der Waals surface area contributed by atoms with Gasteiger partial charge in [-0.3, -0.25) is 4.98 Å². The van der Waals surface area contributed by atoms with Crippen molar-refractivity contribution in [1.82, 2.24) is 19.4 Å². The topological polar surface area (TPSA) is 52.4 Å². The van der Waals surface area contributed by atoms with Crippen LogP contribution in [0.5, 0.6) is 5.75 Å². The van der Waals surface area contributed by atoms with Crippen molar-refractivity contribution < 1.29 is 9.47 Å². The van der Waals surface area contributed by atoms with Gasteiger partial charge in [-0.05, 0) is 31.3 Å². The molecule has 1 saturated heterocycles. The van der Waals surface area contributed by atoms with Gasteiger partial charge in [0.2, 0.25) is 0 Å². The molecule has 0 saturated carbocycles. The van der Waals surface area contributed by atoms with Crippen LogP contribution in [0.3, 0.4) is 0 Å². The summed E-state index contributed by atoms with van der Waals surface area (Å²) in [6.45, 7) is 3.94. The van der Waals surface area contributed by atoms with Gasteiger partial charge in [0.25, 0.3) is 0 Å². The highest BCUT2D eigenvalue weighted by molar-refractivity contribution is 5.58. The Bertz CT molecular complexity index is 865. The fourth-order valence-electron chi connectivity index (χ4n) is 3.28. The number of pyridine rings is 1. The smallest absolute Gasteiger partial charge is 0.140 e. The van der Waals surface area contributed by atoms with Gasteiger partial charge in [-0.2, -0.15) is 0 Å². The van der Waals surface area contributed by atoms with Crippen molar-refractivity contribution in [3.05, 3.63) is 66.7 Å². The molecule has 1 atom stereocenters. The maximum atomic E-state index is 5.90. The van der Waals surface area contributed by atoms with Crippen LogP contribution in [0.1, 0.15) is 5.69 Å². The molecule has 6 heteroatoms. The van der Waals surface area contributed by atoms with Crippen molar-refractivity contribution in [2.75, 3.05) is 26.7 Å². The van der Waals surface area contributed by atoms with Crippen molar-refractivity contribution in [1.29, 1.82) is 0 Å². The summed E-state index contributed by atoms with van der Waals surface area (Å²) in [7, 11) is 2.13. The Balaban J connectivity index is 1.47. The molecule has 1 aromatic carbocycles. The number of nitrogens with zero attached hydrogens (tertiary/aromatic N) is 4. The van der Waals surface area contributed by atoms with Gasteiger partial charge in [0.15, 0.2) is 0 Å². The lowest BCUT2D eigenvalue weighted by Crippen LogP contribution is -2.41. The molecule has 0 aliphatic carbocycles. The predicted molar refractivity (Wildman–Crippen MR) is 103 cm³/mol. The lowest BCUT2D eigenvalue weighted by atomic mass is 10.2.